The summed E-state index contributed by atoms with van der Waals surface area (Å²) in [4.78, 5) is 0.275. The Labute approximate surface area is 103 Å². The molecule has 0 fully saturated rings. The molecule has 0 saturated heterocycles. The van der Waals surface area contributed by atoms with Gasteiger partial charge in [-0.15, -0.1) is 0 Å². The van der Waals surface area contributed by atoms with Crippen molar-refractivity contribution in [3.63, 3.8) is 0 Å². The number of rotatable bonds is 6. The smallest absolute Gasteiger partial charge is 0.242 e. The summed E-state index contributed by atoms with van der Waals surface area (Å²) in [6.07, 6.45) is 4.07. The standard InChI is InChI=1S/C11H21N3O2S/c1-9(2)6-10(12)7-13-17(15,16)11-4-5-14(3)8-11/h4-5,8-10,13H,6-7,12H2,1-3H3. The van der Waals surface area contributed by atoms with Crippen molar-refractivity contribution >= 4 is 10.0 Å². The molecule has 1 rings (SSSR count). The number of sulfonamides is 1. The van der Waals surface area contributed by atoms with Gasteiger partial charge in [0.2, 0.25) is 10.0 Å². The van der Waals surface area contributed by atoms with Crippen LogP contribution in [0, 0.1) is 5.92 Å². The minimum atomic E-state index is -3.42. The molecule has 3 N–H and O–H groups in total. The third-order valence-corrected chi connectivity index (χ3v) is 3.83. The van der Waals surface area contributed by atoms with Crippen molar-refractivity contribution in [3.05, 3.63) is 18.5 Å². The highest BCUT2D eigenvalue weighted by Crippen LogP contribution is 2.08. The lowest BCUT2D eigenvalue weighted by atomic mass is 10.1. The molecule has 98 valence electrons. The summed E-state index contributed by atoms with van der Waals surface area (Å²) >= 11 is 0. The van der Waals surface area contributed by atoms with E-state index < -0.39 is 10.0 Å². The van der Waals surface area contributed by atoms with Gasteiger partial charge in [-0.25, -0.2) is 13.1 Å². The predicted octanol–water partition coefficient (Wildman–Crippen LogP) is 0.677. The topological polar surface area (TPSA) is 77.1 Å². The van der Waals surface area contributed by atoms with Crippen molar-refractivity contribution in [3.8, 4) is 0 Å². The number of aromatic nitrogens is 1. The van der Waals surface area contributed by atoms with Gasteiger partial charge in [0.15, 0.2) is 0 Å². The van der Waals surface area contributed by atoms with Crippen LogP contribution in [0.1, 0.15) is 20.3 Å². The Morgan fingerprint density at radius 2 is 2.12 bits per heavy atom. The SMILES string of the molecule is CC(C)CC(N)CNS(=O)(=O)c1ccn(C)c1. The zero-order valence-corrected chi connectivity index (χ0v) is 11.4. The van der Waals surface area contributed by atoms with Crippen LogP contribution in [-0.4, -0.2) is 25.6 Å². The lowest BCUT2D eigenvalue weighted by Gasteiger charge is -2.14. The molecule has 5 nitrogen and oxygen atoms in total. The van der Waals surface area contributed by atoms with Gasteiger partial charge in [0.25, 0.3) is 0 Å². The normalized spacial score (nSPS) is 14.2. The van der Waals surface area contributed by atoms with Gasteiger partial charge in [-0.05, 0) is 18.4 Å². The number of nitrogens with zero attached hydrogens (tertiary/aromatic N) is 1. The molecule has 17 heavy (non-hydrogen) atoms. The minimum Gasteiger partial charge on any atom is -0.356 e. The Kier molecular flexibility index (Phi) is 4.73. The molecule has 0 aliphatic rings. The maximum Gasteiger partial charge on any atom is 0.242 e. The largest absolute Gasteiger partial charge is 0.356 e. The lowest BCUT2D eigenvalue weighted by molar-refractivity contribution is 0.486. The minimum absolute atomic E-state index is 0.145. The van der Waals surface area contributed by atoms with E-state index in [9.17, 15) is 8.42 Å². The number of hydrogen-bond acceptors (Lipinski definition) is 3. The van der Waals surface area contributed by atoms with Gasteiger partial charge in [0, 0.05) is 32.0 Å². The third kappa shape index (κ3) is 4.49. The van der Waals surface area contributed by atoms with Gasteiger partial charge < -0.3 is 10.3 Å². The first kappa shape index (κ1) is 14.2. The van der Waals surface area contributed by atoms with E-state index in [4.69, 9.17) is 5.73 Å². The maximum atomic E-state index is 11.9. The van der Waals surface area contributed by atoms with Gasteiger partial charge in [0.1, 0.15) is 0 Å². The fourth-order valence-corrected chi connectivity index (χ4v) is 2.77. The van der Waals surface area contributed by atoms with E-state index in [1.54, 1.807) is 30.1 Å². The second kappa shape index (κ2) is 5.66. The van der Waals surface area contributed by atoms with E-state index in [1.807, 2.05) is 0 Å². The van der Waals surface area contributed by atoms with Crippen LogP contribution in [0.15, 0.2) is 23.4 Å². The quantitative estimate of drug-likeness (QED) is 0.788. The Morgan fingerprint density at radius 1 is 1.47 bits per heavy atom. The summed E-state index contributed by atoms with van der Waals surface area (Å²) in [5, 5.41) is 0. The first-order valence-electron chi connectivity index (χ1n) is 5.68. The first-order chi connectivity index (χ1) is 7.81. The fourth-order valence-electron chi connectivity index (χ4n) is 1.63. The summed E-state index contributed by atoms with van der Waals surface area (Å²) in [5.41, 5.74) is 5.83. The highest BCUT2D eigenvalue weighted by Gasteiger charge is 2.16. The molecular formula is C11H21N3O2S. The van der Waals surface area contributed by atoms with Gasteiger partial charge >= 0.3 is 0 Å². The number of nitrogens with two attached hydrogens (primary N) is 1. The lowest BCUT2D eigenvalue weighted by Crippen LogP contribution is -2.37. The van der Waals surface area contributed by atoms with Crippen LogP contribution in [0.3, 0.4) is 0 Å². The summed E-state index contributed by atoms with van der Waals surface area (Å²) in [6.45, 7) is 4.40. The van der Waals surface area contributed by atoms with Crippen LogP contribution < -0.4 is 10.5 Å². The summed E-state index contributed by atoms with van der Waals surface area (Å²) < 4.78 is 27.9. The molecule has 1 aromatic rings. The average Bonchev–Trinajstić information content (AvgIpc) is 2.62. The van der Waals surface area contributed by atoms with Gasteiger partial charge in [0.05, 0.1) is 4.90 Å². The average molecular weight is 259 g/mol. The van der Waals surface area contributed by atoms with E-state index >= 15 is 0 Å². The van der Waals surface area contributed by atoms with Crippen LogP contribution in [0.4, 0.5) is 0 Å². The van der Waals surface area contributed by atoms with Crippen molar-refractivity contribution in [1.29, 1.82) is 0 Å². The molecule has 1 aromatic heterocycles. The monoisotopic (exact) mass is 259 g/mol. The Balaban J connectivity index is 2.56. The molecule has 1 unspecified atom stereocenters. The Bertz CT molecular complexity index is 451. The van der Waals surface area contributed by atoms with E-state index in [2.05, 4.69) is 18.6 Å². The zero-order valence-electron chi connectivity index (χ0n) is 10.6. The van der Waals surface area contributed by atoms with Crippen molar-refractivity contribution < 1.29 is 8.42 Å². The van der Waals surface area contributed by atoms with Crippen molar-refractivity contribution in [2.24, 2.45) is 18.7 Å². The molecular weight excluding hydrogens is 238 g/mol. The maximum absolute atomic E-state index is 11.9. The number of hydrogen-bond donors (Lipinski definition) is 2. The van der Waals surface area contributed by atoms with Crippen LogP contribution in [0.5, 0.6) is 0 Å². The molecule has 0 aromatic carbocycles. The first-order valence-corrected chi connectivity index (χ1v) is 7.17. The molecule has 0 spiro atoms. The molecule has 0 aliphatic heterocycles. The van der Waals surface area contributed by atoms with E-state index in [1.165, 1.54) is 0 Å². The van der Waals surface area contributed by atoms with Crippen LogP contribution in [-0.2, 0) is 17.1 Å². The van der Waals surface area contributed by atoms with E-state index in [0.717, 1.165) is 6.42 Å². The van der Waals surface area contributed by atoms with Crippen molar-refractivity contribution in [2.75, 3.05) is 6.54 Å². The summed E-state index contributed by atoms with van der Waals surface area (Å²) in [6, 6.07) is 1.42. The molecule has 6 heteroatoms. The van der Waals surface area contributed by atoms with Crippen LogP contribution in [0.2, 0.25) is 0 Å². The zero-order chi connectivity index (χ0) is 13.1. The Morgan fingerprint density at radius 3 is 2.59 bits per heavy atom. The molecule has 0 amide bonds. The Hall–Kier alpha value is -0.850. The summed E-state index contributed by atoms with van der Waals surface area (Å²) in [7, 11) is -1.64. The fraction of sp³-hybridized carbons (Fsp3) is 0.636. The number of aryl methyl sites for hydroxylation is 1. The molecule has 0 aliphatic carbocycles. The highest BCUT2D eigenvalue weighted by atomic mass is 32.2. The highest BCUT2D eigenvalue weighted by molar-refractivity contribution is 7.89. The second-order valence-corrected chi connectivity index (χ2v) is 6.52. The van der Waals surface area contributed by atoms with E-state index in [-0.39, 0.29) is 17.5 Å². The molecule has 1 heterocycles. The predicted molar refractivity (Wildman–Crippen MR) is 68.0 cm³/mol. The van der Waals surface area contributed by atoms with Gasteiger partial charge in [-0.3, -0.25) is 0 Å². The molecule has 0 radical (unpaired) electrons. The molecule has 0 bridgehead atoms. The molecule has 0 saturated carbocycles. The summed E-state index contributed by atoms with van der Waals surface area (Å²) in [5.74, 6) is 0.464. The van der Waals surface area contributed by atoms with Crippen LogP contribution >= 0.6 is 0 Å². The van der Waals surface area contributed by atoms with Crippen LogP contribution in [0.25, 0.3) is 0 Å². The molecule has 1 atom stereocenters. The van der Waals surface area contributed by atoms with Crippen molar-refractivity contribution in [2.45, 2.75) is 31.2 Å². The van der Waals surface area contributed by atoms with Gasteiger partial charge in [-0.2, -0.15) is 0 Å². The second-order valence-electron chi connectivity index (χ2n) is 4.75. The third-order valence-electron chi connectivity index (χ3n) is 2.42. The van der Waals surface area contributed by atoms with E-state index in [0.29, 0.717) is 5.92 Å². The number of nitrogens with one attached hydrogen (secondary N) is 1. The van der Waals surface area contributed by atoms with Crippen molar-refractivity contribution in [1.82, 2.24) is 9.29 Å². The van der Waals surface area contributed by atoms with Gasteiger partial charge in [-0.1, -0.05) is 13.8 Å².